The number of aryl methyl sites for hydroxylation is 1. The lowest BCUT2D eigenvalue weighted by atomic mass is 9.84. The molecule has 0 aromatic heterocycles. The zero-order valence-electron chi connectivity index (χ0n) is 17.5. The minimum atomic E-state index is -3.26. The van der Waals surface area contributed by atoms with E-state index in [0.717, 1.165) is 12.7 Å². The van der Waals surface area contributed by atoms with E-state index in [-0.39, 0.29) is 29.4 Å². The van der Waals surface area contributed by atoms with Crippen molar-refractivity contribution in [3.05, 3.63) is 35.4 Å². The second-order valence-electron chi connectivity index (χ2n) is 7.97. The Balaban J connectivity index is 0.00000676. The first kappa shape index (κ1) is 26.1. The van der Waals surface area contributed by atoms with Gasteiger partial charge in [0.15, 0.2) is 5.96 Å². The van der Waals surface area contributed by atoms with Crippen LogP contribution in [0.5, 0.6) is 0 Å². The molecule has 1 aromatic carbocycles. The van der Waals surface area contributed by atoms with E-state index in [2.05, 4.69) is 65.4 Å². The standard InChI is InChI=1S/C19H34N4O2S.HI/c1-8-15-9-11-16(12-10-15)18(2,3)13-21-17(20-6)22-14-19(4,5)23-26(7,24)25;/h9-12,23H,8,13-14H2,1-7H3,(H2,20,21,22);1H. The lowest BCUT2D eigenvalue weighted by molar-refractivity contribution is 0.443. The summed E-state index contributed by atoms with van der Waals surface area (Å²) in [6, 6.07) is 8.69. The van der Waals surface area contributed by atoms with Gasteiger partial charge < -0.3 is 10.6 Å². The fraction of sp³-hybridized carbons (Fsp3) is 0.632. The molecule has 0 aliphatic heterocycles. The van der Waals surface area contributed by atoms with E-state index in [0.29, 0.717) is 19.0 Å². The third-order valence-corrected chi connectivity index (χ3v) is 5.15. The number of hydrogen-bond donors (Lipinski definition) is 3. The van der Waals surface area contributed by atoms with Crippen LogP contribution in [0.3, 0.4) is 0 Å². The number of aliphatic imine (C=N–C) groups is 1. The molecular formula is C19H35IN4O2S. The van der Waals surface area contributed by atoms with Gasteiger partial charge in [0.25, 0.3) is 0 Å². The molecule has 1 aromatic rings. The fourth-order valence-corrected chi connectivity index (χ4v) is 3.74. The second kappa shape index (κ2) is 10.6. The number of rotatable bonds is 8. The molecule has 0 amide bonds. The third-order valence-electron chi connectivity index (χ3n) is 4.22. The highest BCUT2D eigenvalue weighted by Crippen LogP contribution is 2.22. The molecule has 0 spiro atoms. The van der Waals surface area contributed by atoms with Crippen LogP contribution < -0.4 is 15.4 Å². The van der Waals surface area contributed by atoms with E-state index < -0.39 is 15.6 Å². The zero-order chi connectivity index (χ0) is 20.0. The molecule has 0 unspecified atom stereocenters. The summed E-state index contributed by atoms with van der Waals surface area (Å²) in [4.78, 5) is 4.23. The van der Waals surface area contributed by atoms with Crippen LogP contribution in [0.4, 0.5) is 0 Å². The van der Waals surface area contributed by atoms with Gasteiger partial charge in [0.2, 0.25) is 10.0 Å². The van der Waals surface area contributed by atoms with Gasteiger partial charge in [0, 0.05) is 31.1 Å². The van der Waals surface area contributed by atoms with E-state index in [4.69, 9.17) is 0 Å². The van der Waals surface area contributed by atoms with Gasteiger partial charge in [0.05, 0.1) is 6.26 Å². The molecule has 156 valence electrons. The van der Waals surface area contributed by atoms with Gasteiger partial charge >= 0.3 is 0 Å². The summed E-state index contributed by atoms with van der Waals surface area (Å²) in [5, 5.41) is 6.52. The molecule has 0 aliphatic carbocycles. The van der Waals surface area contributed by atoms with E-state index in [9.17, 15) is 8.42 Å². The van der Waals surface area contributed by atoms with Gasteiger partial charge in [-0.25, -0.2) is 13.1 Å². The number of benzene rings is 1. The monoisotopic (exact) mass is 510 g/mol. The summed E-state index contributed by atoms with van der Waals surface area (Å²) in [5.74, 6) is 0.645. The maximum Gasteiger partial charge on any atom is 0.209 e. The van der Waals surface area contributed by atoms with Gasteiger partial charge in [-0.15, -0.1) is 24.0 Å². The molecule has 3 N–H and O–H groups in total. The molecule has 1 rings (SSSR count). The van der Waals surface area contributed by atoms with Gasteiger partial charge in [-0.05, 0) is 31.4 Å². The van der Waals surface area contributed by atoms with E-state index in [1.54, 1.807) is 7.05 Å². The average molecular weight is 510 g/mol. The Kier molecular flexibility index (Phi) is 10.3. The Labute approximate surface area is 182 Å². The van der Waals surface area contributed by atoms with E-state index >= 15 is 0 Å². The van der Waals surface area contributed by atoms with Crippen molar-refractivity contribution in [2.45, 2.75) is 52.0 Å². The summed E-state index contributed by atoms with van der Waals surface area (Å²) in [6.45, 7) is 11.3. The zero-order valence-corrected chi connectivity index (χ0v) is 20.7. The Hall–Kier alpha value is -0.870. The molecule has 0 bridgehead atoms. The number of sulfonamides is 1. The first-order chi connectivity index (χ1) is 11.9. The van der Waals surface area contributed by atoms with Crippen LogP contribution in [0.2, 0.25) is 0 Å². The van der Waals surface area contributed by atoms with Gasteiger partial charge in [-0.2, -0.15) is 0 Å². The van der Waals surface area contributed by atoms with Crippen LogP contribution in [-0.2, 0) is 21.9 Å². The minimum absolute atomic E-state index is 0. The Bertz CT molecular complexity index is 714. The van der Waals surface area contributed by atoms with Crippen LogP contribution in [0.25, 0.3) is 0 Å². The molecule has 0 saturated heterocycles. The van der Waals surface area contributed by atoms with Crippen LogP contribution in [0, 0.1) is 0 Å². The smallest absolute Gasteiger partial charge is 0.209 e. The second-order valence-corrected chi connectivity index (χ2v) is 9.72. The van der Waals surface area contributed by atoms with Crippen molar-refractivity contribution in [2.24, 2.45) is 4.99 Å². The van der Waals surface area contributed by atoms with Crippen molar-refractivity contribution in [3.63, 3.8) is 0 Å². The molecular weight excluding hydrogens is 475 g/mol. The molecule has 27 heavy (non-hydrogen) atoms. The topological polar surface area (TPSA) is 82.6 Å². The summed E-state index contributed by atoms with van der Waals surface area (Å²) in [5.41, 5.74) is 1.91. The number of nitrogens with zero attached hydrogens (tertiary/aromatic N) is 1. The minimum Gasteiger partial charge on any atom is -0.356 e. The molecule has 8 heteroatoms. The maximum absolute atomic E-state index is 11.4. The Morgan fingerprint density at radius 2 is 1.56 bits per heavy atom. The molecule has 0 aliphatic rings. The third kappa shape index (κ3) is 9.75. The van der Waals surface area contributed by atoms with Crippen LogP contribution in [-0.4, -0.2) is 46.3 Å². The predicted octanol–water partition coefficient (Wildman–Crippen LogP) is 2.64. The molecule has 0 fully saturated rings. The summed E-state index contributed by atoms with van der Waals surface area (Å²) >= 11 is 0. The first-order valence-electron chi connectivity index (χ1n) is 8.91. The van der Waals surface area contributed by atoms with E-state index in [1.165, 1.54) is 11.1 Å². The average Bonchev–Trinajstić information content (AvgIpc) is 2.52. The lowest BCUT2D eigenvalue weighted by Crippen LogP contribution is -2.53. The summed E-state index contributed by atoms with van der Waals surface area (Å²) < 4.78 is 25.5. The Morgan fingerprint density at radius 3 is 2.00 bits per heavy atom. The van der Waals surface area contributed by atoms with Crippen molar-refractivity contribution >= 4 is 40.0 Å². The van der Waals surface area contributed by atoms with Crippen LogP contribution in [0.1, 0.15) is 45.7 Å². The Morgan fingerprint density at radius 1 is 1.04 bits per heavy atom. The molecule has 0 saturated carbocycles. The van der Waals surface area contributed by atoms with Crippen molar-refractivity contribution < 1.29 is 8.42 Å². The van der Waals surface area contributed by atoms with Gasteiger partial charge in [-0.1, -0.05) is 45.0 Å². The summed E-state index contributed by atoms with van der Waals surface area (Å²) in [6.07, 6.45) is 2.20. The summed E-state index contributed by atoms with van der Waals surface area (Å²) in [7, 11) is -1.56. The normalized spacial score (nSPS) is 13.1. The van der Waals surface area contributed by atoms with Crippen LogP contribution in [0.15, 0.2) is 29.3 Å². The van der Waals surface area contributed by atoms with Crippen LogP contribution >= 0.6 is 24.0 Å². The van der Waals surface area contributed by atoms with Crippen molar-refractivity contribution in [1.29, 1.82) is 0 Å². The SMILES string of the molecule is CCc1ccc(C(C)(C)CNC(=NC)NCC(C)(C)NS(C)(=O)=O)cc1.I. The fourth-order valence-electron chi connectivity index (χ4n) is 2.66. The predicted molar refractivity (Wildman–Crippen MR) is 126 cm³/mol. The number of halogens is 1. The molecule has 0 atom stereocenters. The van der Waals surface area contributed by atoms with E-state index in [1.807, 2.05) is 13.8 Å². The highest BCUT2D eigenvalue weighted by atomic mass is 127. The molecule has 0 radical (unpaired) electrons. The first-order valence-corrected chi connectivity index (χ1v) is 10.8. The lowest BCUT2D eigenvalue weighted by Gasteiger charge is -2.29. The highest BCUT2D eigenvalue weighted by molar-refractivity contribution is 14.0. The highest BCUT2D eigenvalue weighted by Gasteiger charge is 2.24. The maximum atomic E-state index is 11.4. The van der Waals surface area contributed by atoms with Gasteiger partial charge in [0.1, 0.15) is 0 Å². The number of hydrogen-bond acceptors (Lipinski definition) is 3. The molecule has 6 nitrogen and oxygen atoms in total. The molecule has 0 heterocycles. The quantitative estimate of drug-likeness (QED) is 0.285. The van der Waals surface area contributed by atoms with Crippen molar-refractivity contribution in [3.8, 4) is 0 Å². The van der Waals surface area contributed by atoms with Gasteiger partial charge in [-0.3, -0.25) is 4.99 Å². The van der Waals surface area contributed by atoms with Crippen molar-refractivity contribution in [2.75, 3.05) is 26.4 Å². The number of nitrogens with one attached hydrogen (secondary N) is 3. The van der Waals surface area contributed by atoms with Crippen molar-refractivity contribution in [1.82, 2.24) is 15.4 Å². The largest absolute Gasteiger partial charge is 0.356 e. The number of guanidine groups is 1.